The molecule has 34 heavy (non-hydrogen) atoms. The maximum atomic E-state index is 10.5. The fraction of sp³-hybridized carbons (Fsp3) is 0.522. The number of nitrogens with two attached hydrogens (primary N) is 1. The molecule has 2 aliphatic rings. The molecule has 4 heterocycles. The maximum Gasteiger partial charge on any atom is 0.167 e. The number of rotatable bonds is 7. The lowest BCUT2D eigenvalue weighted by atomic mass is 10.1. The van der Waals surface area contributed by atoms with Crippen molar-refractivity contribution in [1.82, 2.24) is 29.3 Å². The smallest absolute Gasteiger partial charge is 0.167 e. The summed E-state index contributed by atoms with van der Waals surface area (Å²) >= 11 is 4.19. The highest BCUT2D eigenvalue weighted by Crippen LogP contribution is 2.32. The van der Waals surface area contributed by atoms with E-state index in [4.69, 9.17) is 10.5 Å². The lowest BCUT2D eigenvalue weighted by molar-refractivity contribution is -0.0288. The molecular formula is C23H31N7O3S. The minimum Gasteiger partial charge on any atom is -0.387 e. The number of hydrogen-bond acceptors (Lipinski definition) is 10. The van der Waals surface area contributed by atoms with Gasteiger partial charge in [0.05, 0.1) is 12.4 Å². The van der Waals surface area contributed by atoms with Crippen molar-refractivity contribution in [3.63, 3.8) is 0 Å². The average Bonchev–Trinajstić information content (AvgIpc) is 3.40. The zero-order valence-corrected chi connectivity index (χ0v) is 19.8. The number of ether oxygens (including phenoxy) is 1. The van der Waals surface area contributed by atoms with Crippen molar-refractivity contribution in [1.29, 1.82) is 0 Å². The minimum absolute atomic E-state index is 0.294. The Morgan fingerprint density at radius 3 is 2.47 bits per heavy atom. The van der Waals surface area contributed by atoms with E-state index in [0.717, 1.165) is 39.3 Å². The Hall–Kier alpha value is -2.28. The van der Waals surface area contributed by atoms with Gasteiger partial charge in [0.25, 0.3) is 0 Å². The molecule has 1 aromatic carbocycles. The van der Waals surface area contributed by atoms with Crippen LogP contribution in [0, 0.1) is 0 Å². The SMILES string of the molecule is Nc1nc(CCN2CCN(Cc3ccccc3)CC2)nc2c1ncn2[C@@H]1O[C@H](CS)[C@@H](O)[C@H]1O. The molecule has 2 aliphatic heterocycles. The number of benzene rings is 1. The molecule has 2 saturated heterocycles. The lowest BCUT2D eigenvalue weighted by Gasteiger charge is -2.34. The molecule has 0 unspecified atom stereocenters. The topological polar surface area (TPSA) is 126 Å². The van der Waals surface area contributed by atoms with Gasteiger partial charge in [0.1, 0.15) is 23.5 Å². The van der Waals surface area contributed by atoms with Crippen LogP contribution in [0.15, 0.2) is 36.7 Å². The summed E-state index contributed by atoms with van der Waals surface area (Å²) < 4.78 is 7.43. The molecule has 0 aliphatic carbocycles. The van der Waals surface area contributed by atoms with Crippen LogP contribution in [0.25, 0.3) is 11.2 Å². The molecule has 182 valence electrons. The molecule has 3 aromatic rings. The van der Waals surface area contributed by atoms with Crippen molar-refractivity contribution >= 4 is 29.6 Å². The molecule has 0 saturated carbocycles. The number of nitrogens with zero attached hydrogens (tertiary/aromatic N) is 6. The second-order valence-electron chi connectivity index (χ2n) is 8.93. The summed E-state index contributed by atoms with van der Waals surface area (Å²) in [6, 6.07) is 10.6. The second-order valence-corrected chi connectivity index (χ2v) is 9.30. The highest BCUT2D eigenvalue weighted by Gasteiger charge is 2.43. The Morgan fingerprint density at radius 2 is 1.76 bits per heavy atom. The summed E-state index contributed by atoms with van der Waals surface area (Å²) in [4.78, 5) is 18.3. The predicted octanol–water partition coefficient (Wildman–Crippen LogP) is 0.318. The van der Waals surface area contributed by atoms with Gasteiger partial charge >= 0.3 is 0 Å². The third-order valence-corrected chi connectivity index (χ3v) is 7.01. The zero-order chi connectivity index (χ0) is 23.7. The zero-order valence-electron chi connectivity index (χ0n) is 18.9. The number of aromatic nitrogens is 4. The van der Waals surface area contributed by atoms with Crippen molar-refractivity contribution < 1.29 is 14.9 Å². The molecule has 2 aromatic heterocycles. The molecular weight excluding hydrogens is 454 g/mol. The third-order valence-electron chi connectivity index (χ3n) is 6.65. The first-order valence-corrected chi connectivity index (χ1v) is 12.3. The van der Waals surface area contributed by atoms with Gasteiger partial charge in [0.15, 0.2) is 17.7 Å². The van der Waals surface area contributed by atoms with Gasteiger partial charge in [0.2, 0.25) is 0 Å². The van der Waals surface area contributed by atoms with Crippen LogP contribution in [-0.2, 0) is 17.7 Å². The molecule has 0 bridgehead atoms. The molecule has 10 nitrogen and oxygen atoms in total. The van der Waals surface area contributed by atoms with Crippen LogP contribution in [0.3, 0.4) is 0 Å². The van der Waals surface area contributed by atoms with Crippen LogP contribution in [-0.4, -0.2) is 96.3 Å². The van der Waals surface area contributed by atoms with Gasteiger partial charge in [-0.3, -0.25) is 9.47 Å². The largest absolute Gasteiger partial charge is 0.387 e. The summed E-state index contributed by atoms with van der Waals surface area (Å²) in [5.41, 5.74) is 8.46. The normalized spacial score (nSPS) is 26.4. The second kappa shape index (κ2) is 10.1. The first-order chi connectivity index (χ1) is 16.5. The first kappa shape index (κ1) is 23.5. The molecule has 0 radical (unpaired) electrons. The first-order valence-electron chi connectivity index (χ1n) is 11.6. The number of aliphatic hydroxyl groups excluding tert-OH is 2. The van der Waals surface area contributed by atoms with E-state index in [9.17, 15) is 10.2 Å². The number of fused-ring (bicyclic) bond motifs is 1. The predicted molar refractivity (Wildman–Crippen MR) is 131 cm³/mol. The van der Waals surface area contributed by atoms with Crippen molar-refractivity contribution in [3.05, 3.63) is 48.0 Å². The monoisotopic (exact) mass is 485 g/mol. The number of thiol groups is 1. The van der Waals surface area contributed by atoms with E-state index in [1.165, 1.54) is 11.9 Å². The standard InChI is InChI=1S/C23H31N7O3S/c24-21-18-22(30(14-25-18)23-20(32)19(31)16(13-34)33-23)27-17(26-21)6-7-28-8-10-29(11-9-28)12-15-4-2-1-3-5-15/h1-5,14,16,19-20,23,31-32,34H,6-13H2,(H2,24,26,27)/t16-,19-,20-,23-/m1/s1. The molecule has 5 rings (SSSR count). The van der Waals surface area contributed by atoms with Crippen LogP contribution in [0.5, 0.6) is 0 Å². The Balaban J connectivity index is 1.22. The van der Waals surface area contributed by atoms with Crippen molar-refractivity contribution in [2.45, 2.75) is 37.5 Å². The highest BCUT2D eigenvalue weighted by molar-refractivity contribution is 7.80. The maximum absolute atomic E-state index is 10.5. The minimum atomic E-state index is -1.11. The summed E-state index contributed by atoms with van der Waals surface area (Å²) in [6.45, 7) is 5.85. The van der Waals surface area contributed by atoms with Gasteiger partial charge in [-0.15, -0.1) is 0 Å². The lowest BCUT2D eigenvalue weighted by Crippen LogP contribution is -2.46. The highest BCUT2D eigenvalue weighted by atomic mass is 32.1. The van der Waals surface area contributed by atoms with E-state index in [-0.39, 0.29) is 0 Å². The van der Waals surface area contributed by atoms with Gasteiger partial charge in [0, 0.05) is 51.4 Å². The fourth-order valence-corrected chi connectivity index (χ4v) is 4.97. The van der Waals surface area contributed by atoms with E-state index < -0.39 is 24.5 Å². The Bertz CT molecular complexity index is 1110. The molecule has 2 fully saturated rings. The Labute approximate surface area is 203 Å². The Morgan fingerprint density at radius 1 is 1.03 bits per heavy atom. The molecule has 4 N–H and O–H groups in total. The number of aliphatic hydroxyl groups is 2. The van der Waals surface area contributed by atoms with Crippen molar-refractivity contribution in [2.24, 2.45) is 0 Å². The van der Waals surface area contributed by atoms with Gasteiger partial charge in [-0.05, 0) is 5.56 Å². The van der Waals surface area contributed by atoms with Crippen molar-refractivity contribution in [2.75, 3.05) is 44.2 Å². The summed E-state index contributed by atoms with van der Waals surface area (Å²) in [6.07, 6.45) is -1.34. The average molecular weight is 486 g/mol. The van der Waals surface area contributed by atoms with Crippen LogP contribution >= 0.6 is 12.6 Å². The van der Waals surface area contributed by atoms with Gasteiger partial charge in [-0.1, -0.05) is 30.3 Å². The molecule has 0 spiro atoms. The van der Waals surface area contributed by atoms with E-state index in [1.807, 2.05) is 6.07 Å². The van der Waals surface area contributed by atoms with Gasteiger partial charge in [-0.25, -0.2) is 15.0 Å². The molecule has 0 amide bonds. The van der Waals surface area contributed by atoms with Gasteiger partial charge in [-0.2, -0.15) is 12.6 Å². The quantitative estimate of drug-likeness (QED) is 0.350. The van der Waals surface area contributed by atoms with E-state index in [0.29, 0.717) is 35.0 Å². The summed E-state index contributed by atoms with van der Waals surface area (Å²) in [7, 11) is 0. The van der Waals surface area contributed by atoms with Crippen LogP contribution in [0.1, 0.15) is 17.6 Å². The van der Waals surface area contributed by atoms with E-state index in [2.05, 4.69) is 61.6 Å². The number of piperazine rings is 1. The van der Waals surface area contributed by atoms with Crippen molar-refractivity contribution in [3.8, 4) is 0 Å². The summed E-state index contributed by atoms with van der Waals surface area (Å²) in [5, 5.41) is 20.7. The number of hydrogen-bond donors (Lipinski definition) is 4. The van der Waals surface area contributed by atoms with E-state index in [1.54, 1.807) is 4.57 Å². The summed E-state index contributed by atoms with van der Waals surface area (Å²) in [5.74, 6) is 1.21. The number of nitrogen functional groups attached to an aromatic ring is 1. The molecule has 11 heteroatoms. The number of anilines is 1. The third kappa shape index (κ3) is 4.77. The van der Waals surface area contributed by atoms with Crippen LogP contribution in [0.4, 0.5) is 5.82 Å². The molecule has 4 atom stereocenters. The Kier molecular flexibility index (Phi) is 7.00. The van der Waals surface area contributed by atoms with Crippen LogP contribution < -0.4 is 5.73 Å². The van der Waals surface area contributed by atoms with E-state index >= 15 is 0 Å². The number of imidazole rings is 1. The fourth-order valence-electron chi connectivity index (χ4n) is 4.66. The van der Waals surface area contributed by atoms with Gasteiger partial charge < -0.3 is 25.6 Å². The van der Waals surface area contributed by atoms with Crippen LogP contribution in [0.2, 0.25) is 0 Å².